The first kappa shape index (κ1) is 12.9. The fraction of sp³-hybridized carbons (Fsp3) is 0.600. The summed E-state index contributed by atoms with van der Waals surface area (Å²) >= 11 is 3.25. The van der Waals surface area contributed by atoms with Crippen molar-refractivity contribution >= 4 is 26.7 Å². The third kappa shape index (κ3) is 4.95. The Morgan fingerprint density at radius 1 is 1.60 bits per heavy atom. The maximum atomic E-state index is 11.1. The minimum absolute atomic E-state index is 0.251. The van der Waals surface area contributed by atoms with Crippen LogP contribution in [-0.2, 0) is 17.3 Å². The predicted octanol–water partition coefficient (Wildman–Crippen LogP) is 2.29. The van der Waals surface area contributed by atoms with Crippen molar-refractivity contribution in [2.24, 2.45) is 0 Å². The zero-order valence-electron chi connectivity index (χ0n) is 8.96. The van der Waals surface area contributed by atoms with Crippen molar-refractivity contribution in [3.8, 4) is 0 Å². The normalized spacial score (nSPS) is 15.1. The van der Waals surface area contributed by atoms with Crippen LogP contribution in [0.15, 0.2) is 21.2 Å². The molecule has 15 heavy (non-hydrogen) atoms. The Bertz CT molecular complexity index is 327. The Labute approximate surface area is 101 Å². The van der Waals surface area contributed by atoms with E-state index in [4.69, 9.17) is 4.42 Å². The maximum Gasteiger partial charge on any atom is 0.169 e. The summed E-state index contributed by atoms with van der Waals surface area (Å²) in [5, 5.41) is 3.50. The molecule has 5 heteroatoms. The van der Waals surface area contributed by atoms with Crippen LogP contribution in [0, 0.1) is 0 Å². The number of hydrogen-bond donors (Lipinski definition) is 1. The first-order valence-electron chi connectivity index (χ1n) is 4.86. The number of rotatable bonds is 6. The monoisotopic (exact) mass is 293 g/mol. The third-order valence-corrected chi connectivity index (χ3v) is 4.02. The molecule has 0 aliphatic rings. The highest BCUT2D eigenvalue weighted by atomic mass is 79.9. The minimum atomic E-state index is -0.725. The second-order valence-corrected chi connectivity index (χ2v) is 6.06. The molecule has 1 aromatic rings. The number of nitrogens with one attached hydrogen (secondary N) is 1. The molecule has 1 heterocycles. The Morgan fingerprint density at radius 3 is 2.87 bits per heavy atom. The molecule has 0 fully saturated rings. The lowest BCUT2D eigenvalue weighted by molar-refractivity contribution is 0.464. The van der Waals surface area contributed by atoms with Gasteiger partial charge in [-0.3, -0.25) is 4.21 Å². The molecule has 0 saturated carbocycles. The first-order valence-corrected chi connectivity index (χ1v) is 7.28. The highest BCUT2D eigenvalue weighted by Crippen LogP contribution is 2.13. The second-order valence-electron chi connectivity index (χ2n) is 3.48. The lowest BCUT2D eigenvalue weighted by Gasteiger charge is -2.07. The van der Waals surface area contributed by atoms with Crippen LogP contribution >= 0.6 is 15.9 Å². The Hall–Kier alpha value is -0.130. The van der Waals surface area contributed by atoms with Crippen molar-refractivity contribution in [1.82, 2.24) is 5.32 Å². The zero-order chi connectivity index (χ0) is 11.3. The number of hydrogen-bond acceptors (Lipinski definition) is 3. The zero-order valence-corrected chi connectivity index (χ0v) is 11.4. The van der Waals surface area contributed by atoms with Gasteiger partial charge in [0.25, 0.3) is 0 Å². The fourth-order valence-corrected chi connectivity index (χ4v) is 1.92. The fourth-order valence-electron chi connectivity index (χ4n) is 1.13. The van der Waals surface area contributed by atoms with E-state index in [2.05, 4.69) is 21.2 Å². The van der Waals surface area contributed by atoms with Gasteiger partial charge in [-0.25, -0.2) is 0 Å². The largest absolute Gasteiger partial charge is 0.453 e. The molecule has 2 unspecified atom stereocenters. The average Bonchev–Trinajstić information content (AvgIpc) is 2.58. The van der Waals surface area contributed by atoms with Crippen molar-refractivity contribution in [3.63, 3.8) is 0 Å². The summed E-state index contributed by atoms with van der Waals surface area (Å²) in [6, 6.07) is 3.80. The standard InChI is InChI=1S/C10H16BrNO2S/c1-8(15(2)13)5-6-12-7-9-3-4-10(11)14-9/h3-4,8,12H,5-7H2,1-2H3. The summed E-state index contributed by atoms with van der Waals surface area (Å²) in [5.41, 5.74) is 0. The smallest absolute Gasteiger partial charge is 0.169 e. The molecule has 2 atom stereocenters. The van der Waals surface area contributed by atoms with E-state index in [-0.39, 0.29) is 5.25 Å². The average molecular weight is 294 g/mol. The predicted molar refractivity (Wildman–Crippen MR) is 66.3 cm³/mol. The van der Waals surface area contributed by atoms with E-state index in [1.165, 1.54) is 0 Å². The van der Waals surface area contributed by atoms with Gasteiger partial charge in [-0.2, -0.15) is 0 Å². The molecule has 3 nitrogen and oxygen atoms in total. The van der Waals surface area contributed by atoms with Crippen LogP contribution in [0.1, 0.15) is 19.1 Å². The summed E-state index contributed by atoms with van der Waals surface area (Å²) < 4.78 is 17.2. The van der Waals surface area contributed by atoms with Crippen molar-refractivity contribution in [3.05, 3.63) is 22.6 Å². The van der Waals surface area contributed by atoms with Gasteiger partial charge in [0.1, 0.15) is 5.76 Å². The van der Waals surface area contributed by atoms with Crippen molar-refractivity contribution < 1.29 is 8.63 Å². The van der Waals surface area contributed by atoms with Gasteiger partial charge in [-0.1, -0.05) is 6.92 Å². The quantitative estimate of drug-likeness (QED) is 0.819. The topological polar surface area (TPSA) is 42.2 Å². The first-order chi connectivity index (χ1) is 7.09. The summed E-state index contributed by atoms with van der Waals surface area (Å²) in [5.74, 6) is 0.909. The third-order valence-electron chi connectivity index (χ3n) is 2.22. The van der Waals surface area contributed by atoms with Gasteiger partial charge >= 0.3 is 0 Å². The molecule has 0 aliphatic heterocycles. The molecular weight excluding hydrogens is 278 g/mol. The molecule has 0 spiro atoms. The van der Waals surface area contributed by atoms with Gasteiger partial charge in [0.15, 0.2) is 4.67 Å². The van der Waals surface area contributed by atoms with Crippen LogP contribution in [0.2, 0.25) is 0 Å². The van der Waals surface area contributed by atoms with Crippen LogP contribution in [0.4, 0.5) is 0 Å². The molecule has 0 saturated heterocycles. The van der Waals surface area contributed by atoms with Crippen molar-refractivity contribution in [1.29, 1.82) is 0 Å². The van der Waals surface area contributed by atoms with Gasteiger partial charge in [0, 0.05) is 22.3 Å². The van der Waals surface area contributed by atoms with E-state index in [1.54, 1.807) is 6.26 Å². The van der Waals surface area contributed by atoms with Gasteiger partial charge in [-0.15, -0.1) is 0 Å². The molecule has 0 bridgehead atoms. The maximum absolute atomic E-state index is 11.1. The number of halogens is 1. The highest BCUT2D eigenvalue weighted by Gasteiger charge is 2.05. The Balaban J connectivity index is 2.14. The van der Waals surface area contributed by atoms with Crippen LogP contribution in [-0.4, -0.2) is 22.3 Å². The van der Waals surface area contributed by atoms with Crippen LogP contribution in [0.3, 0.4) is 0 Å². The van der Waals surface area contributed by atoms with Gasteiger partial charge in [0.2, 0.25) is 0 Å². The molecule has 0 radical (unpaired) electrons. The highest BCUT2D eigenvalue weighted by molar-refractivity contribution is 9.10. The van der Waals surface area contributed by atoms with Gasteiger partial charge in [0.05, 0.1) is 6.54 Å². The molecule has 1 aromatic heterocycles. The second kappa shape index (κ2) is 6.45. The van der Waals surface area contributed by atoms with Gasteiger partial charge < -0.3 is 9.73 Å². The lowest BCUT2D eigenvalue weighted by atomic mass is 10.3. The molecule has 0 aromatic carbocycles. The van der Waals surface area contributed by atoms with E-state index in [0.717, 1.165) is 23.4 Å². The van der Waals surface area contributed by atoms with Crippen molar-refractivity contribution in [2.45, 2.75) is 25.1 Å². The van der Waals surface area contributed by atoms with Crippen LogP contribution < -0.4 is 5.32 Å². The molecule has 0 amide bonds. The SMILES string of the molecule is CC(CCNCc1ccc(Br)o1)S(C)=O. The molecule has 1 rings (SSSR count). The van der Waals surface area contributed by atoms with E-state index < -0.39 is 10.8 Å². The van der Waals surface area contributed by atoms with E-state index in [1.807, 2.05) is 19.1 Å². The minimum Gasteiger partial charge on any atom is -0.453 e. The lowest BCUT2D eigenvalue weighted by Crippen LogP contribution is -2.20. The Kier molecular flexibility index (Phi) is 5.56. The Morgan fingerprint density at radius 2 is 2.33 bits per heavy atom. The van der Waals surface area contributed by atoms with E-state index in [9.17, 15) is 4.21 Å². The summed E-state index contributed by atoms with van der Waals surface area (Å²) in [7, 11) is -0.725. The van der Waals surface area contributed by atoms with Crippen LogP contribution in [0.25, 0.3) is 0 Å². The molecule has 1 N–H and O–H groups in total. The van der Waals surface area contributed by atoms with Crippen molar-refractivity contribution in [2.75, 3.05) is 12.8 Å². The summed E-state index contributed by atoms with van der Waals surface area (Å²) in [6.07, 6.45) is 2.67. The van der Waals surface area contributed by atoms with E-state index >= 15 is 0 Å². The summed E-state index contributed by atoms with van der Waals surface area (Å²) in [4.78, 5) is 0. The summed E-state index contributed by atoms with van der Waals surface area (Å²) in [6.45, 7) is 3.58. The van der Waals surface area contributed by atoms with Gasteiger partial charge in [-0.05, 0) is 41.0 Å². The molecule has 0 aliphatic carbocycles. The molecule has 86 valence electrons. The molecular formula is C10H16BrNO2S. The number of furan rings is 1. The van der Waals surface area contributed by atoms with E-state index in [0.29, 0.717) is 6.54 Å². The van der Waals surface area contributed by atoms with Crippen LogP contribution in [0.5, 0.6) is 0 Å².